The summed E-state index contributed by atoms with van der Waals surface area (Å²) in [7, 11) is 0. The second kappa shape index (κ2) is 8.19. The van der Waals surface area contributed by atoms with Gasteiger partial charge < -0.3 is 15.4 Å². The number of nitrogens with one attached hydrogen (secondary N) is 2. The van der Waals surface area contributed by atoms with Gasteiger partial charge in [-0.15, -0.1) is 0 Å². The number of rotatable bonds is 5. The Bertz CT molecular complexity index is 979. The van der Waals surface area contributed by atoms with Crippen molar-refractivity contribution in [3.05, 3.63) is 95.6 Å². The van der Waals surface area contributed by atoms with E-state index in [1.165, 1.54) is 0 Å². The van der Waals surface area contributed by atoms with Crippen molar-refractivity contribution in [2.24, 2.45) is 0 Å². The first-order chi connectivity index (χ1) is 14.1. The van der Waals surface area contributed by atoms with Crippen molar-refractivity contribution in [1.29, 1.82) is 0 Å². The van der Waals surface area contributed by atoms with E-state index in [1.54, 1.807) is 25.1 Å². The van der Waals surface area contributed by atoms with E-state index in [9.17, 15) is 9.59 Å². The fraction of sp³-hybridized carbons (Fsp3) is 0.167. The number of benzene rings is 3. The third kappa shape index (κ3) is 3.99. The van der Waals surface area contributed by atoms with Gasteiger partial charge in [0.1, 0.15) is 0 Å². The number of ether oxygens (including phenoxy) is 1. The Kier molecular flexibility index (Phi) is 5.29. The zero-order chi connectivity index (χ0) is 20.2. The SMILES string of the molecule is CC1Oc2c(cccc2C(=O)NCC(c2ccccc2)c2ccccc2)NC1=O. The van der Waals surface area contributed by atoms with Crippen molar-refractivity contribution >= 4 is 17.5 Å². The smallest absolute Gasteiger partial charge is 0.265 e. The number of hydrogen-bond acceptors (Lipinski definition) is 3. The van der Waals surface area contributed by atoms with Gasteiger partial charge in [-0.1, -0.05) is 66.7 Å². The molecule has 0 saturated carbocycles. The van der Waals surface area contributed by atoms with Gasteiger partial charge >= 0.3 is 0 Å². The summed E-state index contributed by atoms with van der Waals surface area (Å²) >= 11 is 0. The van der Waals surface area contributed by atoms with Crippen molar-refractivity contribution in [2.45, 2.75) is 18.9 Å². The van der Waals surface area contributed by atoms with E-state index >= 15 is 0 Å². The van der Waals surface area contributed by atoms with Crippen molar-refractivity contribution in [3.63, 3.8) is 0 Å². The number of para-hydroxylation sites is 1. The molecule has 3 aromatic rings. The van der Waals surface area contributed by atoms with Gasteiger partial charge in [0.25, 0.3) is 11.8 Å². The maximum absolute atomic E-state index is 13.0. The molecule has 146 valence electrons. The minimum atomic E-state index is -0.641. The maximum Gasteiger partial charge on any atom is 0.265 e. The largest absolute Gasteiger partial charge is 0.478 e. The minimum Gasteiger partial charge on any atom is -0.478 e. The molecule has 2 amide bonds. The summed E-state index contributed by atoms with van der Waals surface area (Å²) in [5.74, 6) is -0.0150. The Morgan fingerprint density at radius 1 is 0.966 bits per heavy atom. The fourth-order valence-corrected chi connectivity index (χ4v) is 3.49. The minimum absolute atomic E-state index is 0.0282. The van der Waals surface area contributed by atoms with Gasteiger partial charge in [-0.3, -0.25) is 9.59 Å². The van der Waals surface area contributed by atoms with Crippen LogP contribution in [0.5, 0.6) is 5.75 Å². The van der Waals surface area contributed by atoms with Crippen LogP contribution in [0, 0.1) is 0 Å². The number of carbonyl (C=O) groups is 2. The van der Waals surface area contributed by atoms with Crippen molar-refractivity contribution in [1.82, 2.24) is 5.32 Å². The highest BCUT2D eigenvalue weighted by atomic mass is 16.5. The Morgan fingerprint density at radius 3 is 2.21 bits per heavy atom. The van der Waals surface area contributed by atoms with Crippen molar-refractivity contribution in [3.8, 4) is 5.75 Å². The molecule has 2 N–H and O–H groups in total. The van der Waals surface area contributed by atoms with E-state index in [0.717, 1.165) is 11.1 Å². The highest BCUT2D eigenvalue weighted by Crippen LogP contribution is 2.33. The van der Waals surface area contributed by atoms with Crippen LogP contribution in [0.2, 0.25) is 0 Å². The molecule has 3 aromatic carbocycles. The third-order valence-corrected chi connectivity index (χ3v) is 5.05. The summed E-state index contributed by atoms with van der Waals surface area (Å²) in [6, 6.07) is 25.4. The molecule has 1 aliphatic rings. The van der Waals surface area contributed by atoms with Crippen LogP contribution in [0.4, 0.5) is 5.69 Å². The van der Waals surface area contributed by atoms with Crippen LogP contribution < -0.4 is 15.4 Å². The summed E-state index contributed by atoms with van der Waals surface area (Å²) in [5, 5.41) is 5.82. The van der Waals surface area contributed by atoms with Crippen LogP contribution in [0.15, 0.2) is 78.9 Å². The highest BCUT2D eigenvalue weighted by molar-refractivity contribution is 6.04. The first kappa shape index (κ1) is 18.7. The van der Waals surface area contributed by atoms with E-state index in [-0.39, 0.29) is 17.7 Å². The second-order valence-corrected chi connectivity index (χ2v) is 7.02. The number of hydrogen-bond donors (Lipinski definition) is 2. The van der Waals surface area contributed by atoms with Crippen LogP contribution >= 0.6 is 0 Å². The molecule has 0 aromatic heterocycles. The number of carbonyl (C=O) groups excluding carboxylic acids is 2. The quantitative estimate of drug-likeness (QED) is 0.697. The molecule has 0 fully saturated rings. The summed E-state index contributed by atoms with van der Waals surface area (Å²) in [5.41, 5.74) is 3.19. The Labute approximate surface area is 169 Å². The predicted molar refractivity (Wildman–Crippen MR) is 112 cm³/mol. The van der Waals surface area contributed by atoms with Gasteiger partial charge in [0, 0.05) is 12.5 Å². The van der Waals surface area contributed by atoms with Crippen molar-refractivity contribution < 1.29 is 14.3 Å². The normalized spacial score (nSPS) is 15.2. The summed E-state index contributed by atoms with van der Waals surface area (Å²) in [6.07, 6.45) is -0.641. The van der Waals surface area contributed by atoms with E-state index in [2.05, 4.69) is 34.9 Å². The lowest BCUT2D eigenvalue weighted by atomic mass is 9.91. The van der Waals surface area contributed by atoms with Crippen LogP contribution in [-0.2, 0) is 4.79 Å². The van der Waals surface area contributed by atoms with Crippen LogP contribution in [-0.4, -0.2) is 24.5 Å². The molecule has 0 spiro atoms. The van der Waals surface area contributed by atoms with Crippen LogP contribution in [0.3, 0.4) is 0 Å². The first-order valence-corrected chi connectivity index (χ1v) is 9.62. The molecule has 4 rings (SSSR count). The van der Waals surface area contributed by atoms with E-state index in [1.807, 2.05) is 36.4 Å². The monoisotopic (exact) mass is 386 g/mol. The standard InChI is InChI=1S/C24H22N2O3/c1-16-23(27)26-21-14-8-13-19(22(21)29-16)24(28)25-15-20(17-9-4-2-5-10-17)18-11-6-3-7-12-18/h2-14,16,20H,15H2,1H3,(H,25,28)(H,26,27). The molecule has 0 bridgehead atoms. The molecule has 5 heteroatoms. The number of amides is 2. The molecular formula is C24H22N2O3. The second-order valence-electron chi connectivity index (χ2n) is 7.02. The van der Waals surface area contributed by atoms with Crippen LogP contribution in [0.25, 0.3) is 0 Å². The van der Waals surface area contributed by atoms with E-state index in [0.29, 0.717) is 23.5 Å². The number of anilines is 1. The Hall–Kier alpha value is -3.60. The molecule has 1 aliphatic heterocycles. The number of fused-ring (bicyclic) bond motifs is 1. The first-order valence-electron chi connectivity index (χ1n) is 9.62. The molecule has 1 unspecified atom stereocenters. The van der Waals surface area contributed by atoms with E-state index in [4.69, 9.17) is 4.74 Å². The molecule has 0 radical (unpaired) electrons. The molecule has 5 nitrogen and oxygen atoms in total. The Balaban J connectivity index is 1.57. The maximum atomic E-state index is 13.0. The van der Waals surface area contributed by atoms with Crippen molar-refractivity contribution in [2.75, 3.05) is 11.9 Å². The van der Waals surface area contributed by atoms with Gasteiger partial charge in [-0.25, -0.2) is 0 Å². The highest BCUT2D eigenvalue weighted by Gasteiger charge is 2.28. The average molecular weight is 386 g/mol. The predicted octanol–water partition coefficient (Wildman–Crippen LogP) is 3.97. The molecule has 29 heavy (non-hydrogen) atoms. The van der Waals surface area contributed by atoms with Gasteiger partial charge in [-0.2, -0.15) is 0 Å². The molecular weight excluding hydrogens is 364 g/mol. The molecule has 0 aliphatic carbocycles. The average Bonchev–Trinajstić information content (AvgIpc) is 2.76. The molecule has 1 heterocycles. The zero-order valence-electron chi connectivity index (χ0n) is 16.1. The molecule has 1 atom stereocenters. The van der Waals surface area contributed by atoms with Gasteiger partial charge in [0.15, 0.2) is 11.9 Å². The molecule has 0 saturated heterocycles. The third-order valence-electron chi connectivity index (χ3n) is 5.05. The lowest BCUT2D eigenvalue weighted by Crippen LogP contribution is -2.36. The van der Waals surface area contributed by atoms with Gasteiger partial charge in [0.05, 0.1) is 11.3 Å². The van der Waals surface area contributed by atoms with Gasteiger partial charge in [-0.05, 0) is 30.2 Å². The summed E-state index contributed by atoms with van der Waals surface area (Å²) in [6.45, 7) is 2.10. The summed E-state index contributed by atoms with van der Waals surface area (Å²) in [4.78, 5) is 24.8. The lowest BCUT2D eigenvalue weighted by Gasteiger charge is -2.25. The Morgan fingerprint density at radius 2 is 1.59 bits per heavy atom. The van der Waals surface area contributed by atoms with Crippen LogP contribution in [0.1, 0.15) is 34.3 Å². The lowest BCUT2D eigenvalue weighted by molar-refractivity contribution is -0.122. The fourth-order valence-electron chi connectivity index (χ4n) is 3.49. The van der Waals surface area contributed by atoms with Gasteiger partial charge in [0.2, 0.25) is 0 Å². The van der Waals surface area contributed by atoms with E-state index < -0.39 is 6.10 Å². The summed E-state index contributed by atoms with van der Waals surface area (Å²) < 4.78 is 5.70. The topological polar surface area (TPSA) is 67.4 Å². The zero-order valence-corrected chi connectivity index (χ0v) is 16.1.